The van der Waals surface area contributed by atoms with Crippen molar-refractivity contribution in [3.63, 3.8) is 0 Å². The van der Waals surface area contributed by atoms with Crippen LogP contribution >= 0.6 is 0 Å². The van der Waals surface area contributed by atoms with Gasteiger partial charge < -0.3 is 0 Å². The molecule has 1 fully saturated rings. The molecule has 9 heavy (non-hydrogen) atoms. The predicted octanol–water partition coefficient (Wildman–Crippen LogP) is 2.61. The van der Waals surface area contributed by atoms with Gasteiger partial charge in [0.1, 0.15) is 0 Å². The Balaban J connectivity index is 2.55. The Labute approximate surface area is 53.6 Å². The minimum absolute atomic E-state index is 0.0462. The van der Waals surface area contributed by atoms with Gasteiger partial charge in [0.25, 0.3) is 5.92 Å². The zero-order chi connectivity index (χ0) is 7.07. The van der Waals surface area contributed by atoms with E-state index >= 15 is 0 Å². The molecule has 52 valence electrons. The predicted molar refractivity (Wildman–Crippen MR) is 32.5 cm³/mol. The second-order valence-corrected chi connectivity index (χ2v) is 2.70. The van der Waals surface area contributed by atoms with Crippen molar-refractivity contribution in [3.05, 3.63) is 12.2 Å². The average molecular weight is 132 g/mol. The first-order valence-electron chi connectivity index (χ1n) is 3.07. The lowest BCUT2D eigenvalue weighted by molar-refractivity contribution is -0.115. The first kappa shape index (κ1) is 6.72. The zero-order valence-electron chi connectivity index (χ0n) is 5.45. The maximum atomic E-state index is 12.4. The molecular weight excluding hydrogens is 122 g/mol. The molecule has 2 heteroatoms. The minimum atomic E-state index is -2.44. The lowest BCUT2D eigenvalue weighted by Crippen LogP contribution is -2.38. The van der Waals surface area contributed by atoms with Crippen LogP contribution in [0.2, 0.25) is 0 Å². The van der Waals surface area contributed by atoms with Crippen molar-refractivity contribution in [2.75, 3.05) is 0 Å². The Morgan fingerprint density at radius 2 is 2.22 bits per heavy atom. The molecule has 1 rings (SSSR count). The highest BCUT2D eigenvalue weighted by molar-refractivity contribution is 5.08. The Hall–Kier alpha value is -0.400. The molecule has 0 aromatic carbocycles. The smallest absolute Gasteiger partial charge is 0.206 e. The summed E-state index contributed by atoms with van der Waals surface area (Å²) in [5.41, 5.74) is 0.617. The highest BCUT2D eigenvalue weighted by Crippen LogP contribution is 2.46. The fourth-order valence-corrected chi connectivity index (χ4v) is 1.11. The molecular formula is C7H10F2. The standard InChI is InChI=1S/C7H10F2/c1-5(2)6-3-4-7(6,8)9/h6H,1,3-4H2,2H3. The largest absolute Gasteiger partial charge is 0.254 e. The molecule has 0 N–H and O–H groups in total. The van der Waals surface area contributed by atoms with Crippen LogP contribution in [0.15, 0.2) is 12.2 Å². The normalized spacial score (nSPS) is 31.2. The molecule has 0 bridgehead atoms. The molecule has 0 aromatic rings. The van der Waals surface area contributed by atoms with Gasteiger partial charge in [-0.2, -0.15) is 0 Å². The number of halogens is 2. The van der Waals surface area contributed by atoms with Gasteiger partial charge in [0.05, 0.1) is 0 Å². The molecule has 1 aliphatic rings. The molecule has 1 atom stereocenters. The van der Waals surface area contributed by atoms with Gasteiger partial charge in [-0.1, -0.05) is 12.2 Å². The maximum Gasteiger partial charge on any atom is 0.254 e. The van der Waals surface area contributed by atoms with Crippen molar-refractivity contribution >= 4 is 0 Å². The third-order valence-corrected chi connectivity index (χ3v) is 1.87. The van der Waals surface area contributed by atoms with Crippen LogP contribution < -0.4 is 0 Å². The highest BCUT2D eigenvalue weighted by atomic mass is 19.3. The lowest BCUT2D eigenvalue weighted by Gasteiger charge is -2.36. The topological polar surface area (TPSA) is 0 Å². The van der Waals surface area contributed by atoms with Gasteiger partial charge in [-0.3, -0.25) is 0 Å². The van der Waals surface area contributed by atoms with Gasteiger partial charge in [-0.05, 0) is 13.3 Å². The van der Waals surface area contributed by atoms with E-state index in [1.54, 1.807) is 6.92 Å². The van der Waals surface area contributed by atoms with E-state index in [1.165, 1.54) is 0 Å². The quantitative estimate of drug-likeness (QED) is 0.481. The molecule has 0 spiro atoms. The highest BCUT2D eigenvalue weighted by Gasteiger charge is 2.48. The van der Waals surface area contributed by atoms with Crippen LogP contribution in [-0.2, 0) is 0 Å². The number of allylic oxidation sites excluding steroid dienone is 1. The van der Waals surface area contributed by atoms with Crippen LogP contribution in [0.4, 0.5) is 8.78 Å². The molecule has 0 radical (unpaired) electrons. The summed E-state index contributed by atoms with van der Waals surface area (Å²) in [5, 5.41) is 0. The third kappa shape index (κ3) is 0.979. The third-order valence-electron chi connectivity index (χ3n) is 1.87. The minimum Gasteiger partial charge on any atom is -0.206 e. The molecule has 0 nitrogen and oxygen atoms in total. The Morgan fingerprint density at radius 1 is 1.67 bits per heavy atom. The number of hydrogen-bond acceptors (Lipinski definition) is 0. The van der Waals surface area contributed by atoms with E-state index in [0.717, 1.165) is 0 Å². The van der Waals surface area contributed by atoms with Crippen LogP contribution in [0.3, 0.4) is 0 Å². The Bertz CT molecular complexity index is 138. The number of hydrogen-bond donors (Lipinski definition) is 0. The van der Waals surface area contributed by atoms with E-state index in [9.17, 15) is 8.78 Å². The lowest BCUT2D eigenvalue weighted by atomic mass is 9.77. The molecule has 0 heterocycles. The second kappa shape index (κ2) is 1.79. The number of rotatable bonds is 1. The molecule has 1 saturated carbocycles. The van der Waals surface area contributed by atoms with Crippen molar-refractivity contribution in [1.29, 1.82) is 0 Å². The van der Waals surface area contributed by atoms with Crippen molar-refractivity contribution in [3.8, 4) is 0 Å². The summed E-state index contributed by atoms with van der Waals surface area (Å²) in [6, 6.07) is 0. The molecule has 0 aliphatic heterocycles. The monoisotopic (exact) mass is 132 g/mol. The van der Waals surface area contributed by atoms with Gasteiger partial charge in [0.15, 0.2) is 0 Å². The van der Waals surface area contributed by atoms with Gasteiger partial charge in [-0.25, -0.2) is 8.78 Å². The van der Waals surface area contributed by atoms with Crippen molar-refractivity contribution in [2.24, 2.45) is 5.92 Å². The van der Waals surface area contributed by atoms with Gasteiger partial charge in [0.2, 0.25) is 0 Å². The van der Waals surface area contributed by atoms with Crippen LogP contribution in [0, 0.1) is 5.92 Å². The van der Waals surface area contributed by atoms with Gasteiger partial charge in [-0.15, -0.1) is 0 Å². The van der Waals surface area contributed by atoms with Gasteiger partial charge in [0, 0.05) is 12.3 Å². The molecule has 1 aliphatic carbocycles. The molecule has 0 aromatic heterocycles. The first-order valence-corrected chi connectivity index (χ1v) is 3.07. The van der Waals surface area contributed by atoms with Crippen LogP contribution in [-0.4, -0.2) is 5.92 Å². The Kier molecular flexibility index (Phi) is 1.34. The van der Waals surface area contributed by atoms with E-state index in [2.05, 4.69) is 6.58 Å². The summed E-state index contributed by atoms with van der Waals surface area (Å²) < 4.78 is 24.8. The molecule has 0 amide bonds. The van der Waals surface area contributed by atoms with Gasteiger partial charge >= 0.3 is 0 Å². The Morgan fingerprint density at radius 3 is 2.22 bits per heavy atom. The van der Waals surface area contributed by atoms with E-state index < -0.39 is 11.8 Å². The summed E-state index contributed by atoms with van der Waals surface area (Å²) in [6.07, 6.45) is 0.660. The van der Waals surface area contributed by atoms with Crippen molar-refractivity contribution in [2.45, 2.75) is 25.7 Å². The summed E-state index contributed by atoms with van der Waals surface area (Å²) in [4.78, 5) is 0. The maximum absolute atomic E-state index is 12.4. The van der Waals surface area contributed by atoms with E-state index in [0.29, 0.717) is 12.0 Å². The zero-order valence-corrected chi connectivity index (χ0v) is 5.45. The van der Waals surface area contributed by atoms with E-state index in [4.69, 9.17) is 0 Å². The summed E-state index contributed by atoms with van der Waals surface area (Å²) in [6.45, 7) is 5.16. The SMILES string of the molecule is C=C(C)C1CCC1(F)F. The summed E-state index contributed by atoms with van der Waals surface area (Å²) in [7, 11) is 0. The average Bonchev–Trinajstić information content (AvgIpc) is 1.62. The van der Waals surface area contributed by atoms with Crippen molar-refractivity contribution < 1.29 is 8.78 Å². The summed E-state index contributed by atoms with van der Waals surface area (Å²) in [5.74, 6) is -2.97. The number of alkyl halides is 2. The molecule has 0 saturated heterocycles. The van der Waals surface area contributed by atoms with E-state index in [1.807, 2.05) is 0 Å². The van der Waals surface area contributed by atoms with Crippen LogP contribution in [0.1, 0.15) is 19.8 Å². The van der Waals surface area contributed by atoms with Crippen LogP contribution in [0.25, 0.3) is 0 Å². The molecule has 1 unspecified atom stereocenters. The second-order valence-electron chi connectivity index (χ2n) is 2.70. The van der Waals surface area contributed by atoms with Crippen LogP contribution in [0.5, 0.6) is 0 Å². The fraction of sp³-hybridized carbons (Fsp3) is 0.714. The van der Waals surface area contributed by atoms with E-state index in [-0.39, 0.29) is 6.42 Å². The fourth-order valence-electron chi connectivity index (χ4n) is 1.11. The first-order chi connectivity index (χ1) is 4.04. The summed E-state index contributed by atoms with van der Waals surface area (Å²) >= 11 is 0. The van der Waals surface area contributed by atoms with Crippen molar-refractivity contribution in [1.82, 2.24) is 0 Å².